The van der Waals surface area contributed by atoms with Crippen LogP contribution in [0.15, 0.2) is 24.3 Å². The van der Waals surface area contributed by atoms with Crippen molar-refractivity contribution in [3.8, 4) is 0 Å². The van der Waals surface area contributed by atoms with Gasteiger partial charge in [0.2, 0.25) is 5.12 Å². The summed E-state index contributed by atoms with van der Waals surface area (Å²) in [5.74, 6) is 0.828. The molecule has 0 atom stereocenters. The second-order valence-corrected chi connectivity index (χ2v) is 4.40. The van der Waals surface area contributed by atoms with E-state index >= 15 is 0 Å². The number of nitrogens with zero attached hydrogens (tertiary/aromatic N) is 1. The summed E-state index contributed by atoms with van der Waals surface area (Å²) in [5.41, 5.74) is 1.89. The molecule has 0 aromatic heterocycles. The first-order valence-corrected chi connectivity index (χ1v) is 5.58. The van der Waals surface area contributed by atoms with Crippen molar-refractivity contribution in [1.82, 2.24) is 0 Å². The summed E-state index contributed by atoms with van der Waals surface area (Å²) in [6, 6.07) is 7.67. The van der Waals surface area contributed by atoms with E-state index in [1.807, 2.05) is 50.2 Å². The van der Waals surface area contributed by atoms with Crippen molar-refractivity contribution in [2.24, 2.45) is 0 Å². The number of thioether (sulfide) groups is 1. The molecular formula is C11H15NOS. The zero-order valence-corrected chi connectivity index (χ0v) is 9.60. The summed E-state index contributed by atoms with van der Waals surface area (Å²) >= 11 is 1.35. The minimum Gasteiger partial charge on any atom is -0.378 e. The number of hydrogen-bond acceptors (Lipinski definition) is 3. The Morgan fingerprint density at radius 2 is 1.86 bits per heavy atom. The quantitative estimate of drug-likeness (QED) is 0.763. The Labute approximate surface area is 89.3 Å². The molecule has 1 rings (SSSR count). The van der Waals surface area contributed by atoms with Crippen molar-refractivity contribution < 1.29 is 4.79 Å². The lowest BCUT2D eigenvalue weighted by molar-refractivity contribution is 0.108. The summed E-state index contributed by atoms with van der Waals surface area (Å²) in [7, 11) is 3.97. The van der Waals surface area contributed by atoms with Gasteiger partial charge in [0, 0.05) is 25.3 Å². The molecule has 0 unspecified atom stereocenters. The maximum absolute atomic E-state index is 11.5. The van der Waals surface area contributed by atoms with E-state index in [9.17, 15) is 4.79 Å². The van der Waals surface area contributed by atoms with Crippen molar-refractivity contribution in [2.45, 2.75) is 6.92 Å². The molecule has 0 saturated carbocycles. The van der Waals surface area contributed by atoms with Gasteiger partial charge in [-0.2, -0.15) is 0 Å². The summed E-state index contributed by atoms with van der Waals surface area (Å²) in [4.78, 5) is 13.5. The highest BCUT2D eigenvalue weighted by Gasteiger charge is 2.04. The van der Waals surface area contributed by atoms with Gasteiger partial charge in [-0.1, -0.05) is 18.7 Å². The van der Waals surface area contributed by atoms with Gasteiger partial charge in [-0.25, -0.2) is 0 Å². The average Bonchev–Trinajstić information content (AvgIpc) is 2.18. The molecule has 0 radical (unpaired) electrons. The van der Waals surface area contributed by atoms with Crippen molar-refractivity contribution in [2.75, 3.05) is 24.7 Å². The smallest absolute Gasteiger partial charge is 0.219 e. The fourth-order valence-corrected chi connectivity index (χ4v) is 1.68. The number of hydrogen-bond donors (Lipinski definition) is 0. The number of benzene rings is 1. The first kappa shape index (κ1) is 11.1. The van der Waals surface area contributed by atoms with Crippen LogP contribution in [0, 0.1) is 0 Å². The topological polar surface area (TPSA) is 20.3 Å². The predicted molar refractivity (Wildman–Crippen MR) is 63.2 cm³/mol. The molecule has 0 bridgehead atoms. The lowest BCUT2D eigenvalue weighted by atomic mass is 10.2. The van der Waals surface area contributed by atoms with Crippen molar-refractivity contribution in [3.63, 3.8) is 0 Å². The van der Waals surface area contributed by atoms with Gasteiger partial charge in [0.1, 0.15) is 0 Å². The highest BCUT2D eigenvalue weighted by molar-refractivity contribution is 8.14. The van der Waals surface area contributed by atoms with Crippen LogP contribution in [0.1, 0.15) is 17.3 Å². The molecule has 2 nitrogen and oxygen atoms in total. The first-order chi connectivity index (χ1) is 6.65. The molecule has 0 fully saturated rings. The van der Waals surface area contributed by atoms with E-state index in [4.69, 9.17) is 0 Å². The molecule has 0 aliphatic rings. The molecule has 3 heteroatoms. The van der Waals surface area contributed by atoms with Gasteiger partial charge in [-0.3, -0.25) is 4.79 Å². The van der Waals surface area contributed by atoms with Gasteiger partial charge in [0.15, 0.2) is 0 Å². The second kappa shape index (κ2) is 5.05. The van der Waals surface area contributed by atoms with E-state index in [0.29, 0.717) is 0 Å². The molecule has 0 amide bonds. The Morgan fingerprint density at radius 3 is 2.29 bits per heavy atom. The molecule has 0 heterocycles. The van der Waals surface area contributed by atoms with E-state index in [0.717, 1.165) is 17.0 Å². The maximum Gasteiger partial charge on any atom is 0.219 e. The highest BCUT2D eigenvalue weighted by atomic mass is 32.2. The van der Waals surface area contributed by atoms with Crippen LogP contribution in [0.4, 0.5) is 5.69 Å². The normalized spacial score (nSPS) is 9.93. The Bertz CT molecular complexity index is 306. The Balaban J connectivity index is 2.78. The van der Waals surface area contributed by atoms with Crippen LogP contribution in [0.25, 0.3) is 0 Å². The average molecular weight is 209 g/mol. The van der Waals surface area contributed by atoms with Crippen molar-refractivity contribution in [1.29, 1.82) is 0 Å². The third-order valence-corrected chi connectivity index (χ3v) is 2.68. The van der Waals surface area contributed by atoms with E-state index in [1.54, 1.807) is 0 Å². The maximum atomic E-state index is 11.5. The molecule has 1 aromatic carbocycles. The standard InChI is InChI=1S/C11H15NOS/c1-4-14-11(13)9-5-7-10(8-6-9)12(2)3/h5-8H,4H2,1-3H3. The van der Waals surface area contributed by atoms with Crippen LogP contribution < -0.4 is 4.90 Å². The fourth-order valence-electron chi connectivity index (χ4n) is 1.11. The minimum absolute atomic E-state index is 0.151. The first-order valence-electron chi connectivity index (χ1n) is 4.59. The fraction of sp³-hybridized carbons (Fsp3) is 0.364. The molecule has 14 heavy (non-hydrogen) atoms. The monoisotopic (exact) mass is 209 g/mol. The number of rotatable bonds is 3. The predicted octanol–water partition coefficient (Wildman–Crippen LogP) is 2.65. The number of anilines is 1. The molecule has 0 saturated heterocycles. The van der Waals surface area contributed by atoms with Crippen LogP contribution >= 0.6 is 11.8 Å². The van der Waals surface area contributed by atoms with E-state index in [1.165, 1.54) is 11.8 Å². The van der Waals surface area contributed by atoms with Crippen LogP contribution in [-0.2, 0) is 0 Å². The van der Waals surface area contributed by atoms with Crippen LogP contribution in [0.3, 0.4) is 0 Å². The molecule has 76 valence electrons. The summed E-state index contributed by atoms with van der Waals surface area (Å²) in [6.07, 6.45) is 0. The van der Waals surface area contributed by atoms with Crippen LogP contribution in [0.5, 0.6) is 0 Å². The van der Waals surface area contributed by atoms with Gasteiger partial charge in [0.25, 0.3) is 0 Å². The van der Waals surface area contributed by atoms with Crippen molar-refractivity contribution >= 4 is 22.6 Å². The molecule has 0 spiro atoms. The lowest BCUT2D eigenvalue weighted by Crippen LogP contribution is -2.08. The van der Waals surface area contributed by atoms with Gasteiger partial charge in [-0.05, 0) is 30.0 Å². The zero-order valence-electron chi connectivity index (χ0n) is 8.78. The number of carbonyl (C=O) groups is 1. The zero-order chi connectivity index (χ0) is 10.6. The Hall–Kier alpha value is -0.960. The third-order valence-electron chi connectivity index (χ3n) is 1.89. The lowest BCUT2D eigenvalue weighted by Gasteiger charge is -2.12. The van der Waals surface area contributed by atoms with Gasteiger partial charge in [0.05, 0.1) is 0 Å². The molecule has 0 aliphatic carbocycles. The Kier molecular flexibility index (Phi) is 4.01. The molecule has 0 aliphatic heterocycles. The summed E-state index contributed by atoms with van der Waals surface area (Å²) in [5, 5.41) is 0.151. The molecule has 1 aromatic rings. The molecule has 0 N–H and O–H groups in total. The largest absolute Gasteiger partial charge is 0.378 e. The van der Waals surface area contributed by atoms with Crippen LogP contribution in [-0.4, -0.2) is 25.0 Å². The number of carbonyl (C=O) groups excluding carboxylic acids is 1. The summed E-state index contributed by atoms with van der Waals surface area (Å²) < 4.78 is 0. The van der Waals surface area contributed by atoms with Gasteiger partial charge >= 0.3 is 0 Å². The van der Waals surface area contributed by atoms with Gasteiger partial charge in [-0.15, -0.1) is 0 Å². The van der Waals surface area contributed by atoms with Gasteiger partial charge < -0.3 is 4.90 Å². The second-order valence-electron chi connectivity index (χ2n) is 3.16. The van der Waals surface area contributed by atoms with Crippen molar-refractivity contribution in [3.05, 3.63) is 29.8 Å². The SMILES string of the molecule is CCSC(=O)c1ccc(N(C)C)cc1. The Morgan fingerprint density at radius 1 is 1.29 bits per heavy atom. The van der Waals surface area contributed by atoms with E-state index in [2.05, 4.69) is 0 Å². The van der Waals surface area contributed by atoms with E-state index < -0.39 is 0 Å². The summed E-state index contributed by atoms with van der Waals surface area (Å²) in [6.45, 7) is 1.98. The highest BCUT2D eigenvalue weighted by Crippen LogP contribution is 2.16. The van der Waals surface area contributed by atoms with Crippen LogP contribution in [0.2, 0.25) is 0 Å². The van der Waals surface area contributed by atoms with E-state index in [-0.39, 0.29) is 5.12 Å². The molecular weight excluding hydrogens is 194 g/mol. The minimum atomic E-state index is 0.151. The third kappa shape index (κ3) is 2.77.